The molecule has 0 aromatic carbocycles. The van der Waals surface area contributed by atoms with Crippen molar-refractivity contribution in [1.82, 2.24) is 10.3 Å². The molecule has 1 aromatic heterocycles. The molecule has 0 saturated carbocycles. The molecule has 0 radical (unpaired) electrons. The fourth-order valence-corrected chi connectivity index (χ4v) is 2.08. The van der Waals surface area contributed by atoms with Gasteiger partial charge in [0.1, 0.15) is 0 Å². The topological polar surface area (TPSA) is 34.1 Å². The summed E-state index contributed by atoms with van der Waals surface area (Å²) < 4.78 is 5.39. The molecule has 16 heavy (non-hydrogen) atoms. The molecule has 2 heterocycles. The molecule has 0 bridgehead atoms. The van der Waals surface area contributed by atoms with Crippen molar-refractivity contribution in [2.75, 3.05) is 13.2 Å². The lowest BCUT2D eigenvalue weighted by molar-refractivity contribution is 0.178. The molecule has 3 nitrogen and oxygen atoms in total. The van der Waals surface area contributed by atoms with Gasteiger partial charge in [0.25, 0.3) is 0 Å². The van der Waals surface area contributed by atoms with Crippen molar-refractivity contribution < 1.29 is 4.74 Å². The van der Waals surface area contributed by atoms with Crippen molar-refractivity contribution in [3.63, 3.8) is 0 Å². The Hall–Kier alpha value is -0.930. The second kappa shape index (κ2) is 5.41. The molecule has 3 heteroatoms. The van der Waals surface area contributed by atoms with Crippen molar-refractivity contribution in [3.8, 4) is 0 Å². The van der Waals surface area contributed by atoms with Gasteiger partial charge in [-0.3, -0.25) is 4.98 Å². The molecule has 0 amide bonds. The van der Waals surface area contributed by atoms with Crippen LogP contribution in [-0.2, 0) is 11.3 Å². The maximum Gasteiger partial charge on any atom is 0.0544 e. The Morgan fingerprint density at radius 1 is 1.56 bits per heavy atom. The average molecular weight is 220 g/mol. The third-order valence-electron chi connectivity index (χ3n) is 3.22. The number of nitrogens with one attached hydrogen (secondary N) is 1. The van der Waals surface area contributed by atoms with E-state index < -0.39 is 0 Å². The Kier molecular flexibility index (Phi) is 3.91. The largest absolute Gasteiger partial charge is 0.381 e. The van der Waals surface area contributed by atoms with Crippen LogP contribution in [0.2, 0.25) is 0 Å². The van der Waals surface area contributed by atoms with Gasteiger partial charge in [-0.15, -0.1) is 0 Å². The predicted octanol–water partition coefficient (Wildman–Crippen LogP) is 1.90. The summed E-state index contributed by atoms with van der Waals surface area (Å²) in [6.07, 6.45) is 1.18. The first-order valence-corrected chi connectivity index (χ1v) is 5.99. The lowest BCUT2D eigenvalue weighted by Gasteiger charge is -2.19. The number of rotatable bonds is 4. The average Bonchev–Trinajstić information content (AvgIpc) is 2.79. The van der Waals surface area contributed by atoms with E-state index in [0.717, 1.165) is 31.1 Å². The standard InChI is InChI=1S/C13H20N2O/c1-10-4-3-5-13(15-10)8-14-11(2)12-6-7-16-9-12/h3-5,11-12,14H,6-9H2,1-2H3. The highest BCUT2D eigenvalue weighted by Gasteiger charge is 2.21. The molecule has 1 aliphatic rings. The van der Waals surface area contributed by atoms with Gasteiger partial charge in [0.05, 0.1) is 12.3 Å². The van der Waals surface area contributed by atoms with Crippen LogP contribution in [0, 0.1) is 12.8 Å². The highest BCUT2D eigenvalue weighted by molar-refractivity contribution is 5.09. The van der Waals surface area contributed by atoms with Gasteiger partial charge in [0.2, 0.25) is 0 Å². The maximum atomic E-state index is 5.39. The van der Waals surface area contributed by atoms with Gasteiger partial charge >= 0.3 is 0 Å². The molecule has 1 N–H and O–H groups in total. The summed E-state index contributed by atoms with van der Waals surface area (Å²) >= 11 is 0. The maximum absolute atomic E-state index is 5.39. The highest BCUT2D eigenvalue weighted by Crippen LogP contribution is 2.16. The minimum absolute atomic E-state index is 0.504. The molecular formula is C13H20N2O. The van der Waals surface area contributed by atoms with Crippen LogP contribution in [0.25, 0.3) is 0 Å². The predicted molar refractivity (Wildman–Crippen MR) is 64.2 cm³/mol. The zero-order chi connectivity index (χ0) is 11.4. The zero-order valence-corrected chi connectivity index (χ0v) is 10.1. The summed E-state index contributed by atoms with van der Waals surface area (Å²) in [5.41, 5.74) is 2.20. The van der Waals surface area contributed by atoms with Crippen LogP contribution < -0.4 is 5.32 Å². The van der Waals surface area contributed by atoms with Gasteiger partial charge in [0, 0.05) is 24.9 Å². The van der Waals surface area contributed by atoms with Crippen LogP contribution in [0.5, 0.6) is 0 Å². The smallest absolute Gasteiger partial charge is 0.0544 e. The van der Waals surface area contributed by atoms with Gasteiger partial charge in [-0.25, -0.2) is 0 Å². The van der Waals surface area contributed by atoms with Gasteiger partial charge < -0.3 is 10.1 Å². The van der Waals surface area contributed by atoms with E-state index in [2.05, 4.69) is 29.4 Å². The molecule has 1 aliphatic heterocycles. The van der Waals surface area contributed by atoms with Gasteiger partial charge in [0.15, 0.2) is 0 Å². The Morgan fingerprint density at radius 3 is 3.12 bits per heavy atom. The molecule has 0 spiro atoms. The summed E-state index contributed by atoms with van der Waals surface area (Å²) in [6, 6.07) is 6.66. The van der Waals surface area contributed by atoms with Crippen LogP contribution in [0.1, 0.15) is 24.7 Å². The number of nitrogens with zero attached hydrogens (tertiary/aromatic N) is 1. The molecule has 2 atom stereocenters. The third kappa shape index (κ3) is 3.03. The Morgan fingerprint density at radius 2 is 2.44 bits per heavy atom. The first kappa shape index (κ1) is 11.6. The number of hydrogen-bond donors (Lipinski definition) is 1. The second-order valence-electron chi connectivity index (χ2n) is 4.56. The van der Waals surface area contributed by atoms with Crippen LogP contribution in [0.3, 0.4) is 0 Å². The molecular weight excluding hydrogens is 200 g/mol. The summed E-state index contributed by atoms with van der Waals surface area (Å²) in [5, 5.41) is 3.53. The molecule has 2 unspecified atom stereocenters. The lowest BCUT2D eigenvalue weighted by atomic mass is 10.0. The van der Waals surface area contributed by atoms with Crippen molar-refractivity contribution >= 4 is 0 Å². The minimum atomic E-state index is 0.504. The van der Waals surface area contributed by atoms with Crippen LogP contribution in [0.4, 0.5) is 0 Å². The van der Waals surface area contributed by atoms with E-state index in [-0.39, 0.29) is 0 Å². The Labute approximate surface area is 97.2 Å². The number of ether oxygens (including phenoxy) is 1. The van der Waals surface area contributed by atoms with E-state index >= 15 is 0 Å². The Balaban J connectivity index is 1.82. The van der Waals surface area contributed by atoms with Gasteiger partial charge in [-0.05, 0) is 38.3 Å². The van der Waals surface area contributed by atoms with E-state index in [1.807, 2.05) is 13.0 Å². The SMILES string of the molecule is Cc1cccc(CNC(C)C2CCOC2)n1. The molecule has 0 aliphatic carbocycles. The minimum Gasteiger partial charge on any atom is -0.381 e. The van der Waals surface area contributed by atoms with Crippen molar-refractivity contribution in [1.29, 1.82) is 0 Å². The normalized spacial score (nSPS) is 22.2. The number of aryl methyl sites for hydroxylation is 1. The molecule has 2 rings (SSSR count). The van der Waals surface area contributed by atoms with E-state index in [4.69, 9.17) is 4.74 Å². The monoisotopic (exact) mass is 220 g/mol. The van der Waals surface area contributed by atoms with E-state index in [1.165, 1.54) is 6.42 Å². The Bertz CT molecular complexity index is 334. The fraction of sp³-hybridized carbons (Fsp3) is 0.615. The first-order chi connectivity index (χ1) is 7.75. The first-order valence-electron chi connectivity index (χ1n) is 5.99. The van der Waals surface area contributed by atoms with Crippen molar-refractivity contribution in [2.24, 2.45) is 5.92 Å². The summed E-state index contributed by atoms with van der Waals surface area (Å²) in [7, 11) is 0. The van der Waals surface area contributed by atoms with Crippen LogP contribution in [-0.4, -0.2) is 24.2 Å². The molecule has 88 valence electrons. The number of hydrogen-bond acceptors (Lipinski definition) is 3. The quantitative estimate of drug-likeness (QED) is 0.841. The zero-order valence-electron chi connectivity index (χ0n) is 10.1. The van der Waals surface area contributed by atoms with Crippen molar-refractivity contribution in [2.45, 2.75) is 32.9 Å². The fourth-order valence-electron chi connectivity index (χ4n) is 2.08. The summed E-state index contributed by atoms with van der Waals surface area (Å²) in [5.74, 6) is 0.657. The summed E-state index contributed by atoms with van der Waals surface area (Å²) in [4.78, 5) is 4.48. The van der Waals surface area contributed by atoms with E-state index in [1.54, 1.807) is 0 Å². The molecule has 1 aromatic rings. The van der Waals surface area contributed by atoms with Crippen LogP contribution >= 0.6 is 0 Å². The third-order valence-corrected chi connectivity index (χ3v) is 3.22. The highest BCUT2D eigenvalue weighted by atomic mass is 16.5. The molecule has 1 fully saturated rings. The van der Waals surface area contributed by atoms with Gasteiger partial charge in [-0.2, -0.15) is 0 Å². The molecule has 1 saturated heterocycles. The lowest BCUT2D eigenvalue weighted by Crippen LogP contribution is -2.33. The number of pyridine rings is 1. The number of aromatic nitrogens is 1. The van der Waals surface area contributed by atoms with Crippen LogP contribution in [0.15, 0.2) is 18.2 Å². The van der Waals surface area contributed by atoms with E-state index in [0.29, 0.717) is 12.0 Å². The van der Waals surface area contributed by atoms with Crippen molar-refractivity contribution in [3.05, 3.63) is 29.6 Å². The second-order valence-corrected chi connectivity index (χ2v) is 4.56. The summed E-state index contributed by atoms with van der Waals surface area (Å²) in [6.45, 7) is 6.92. The van der Waals surface area contributed by atoms with Gasteiger partial charge in [-0.1, -0.05) is 6.07 Å². The van der Waals surface area contributed by atoms with E-state index in [9.17, 15) is 0 Å².